The van der Waals surface area contributed by atoms with Gasteiger partial charge < -0.3 is 15.4 Å². The van der Waals surface area contributed by atoms with E-state index in [1.807, 2.05) is 38.1 Å². The Labute approximate surface area is 154 Å². The molecule has 2 amide bonds. The van der Waals surface area contributed by atoms with Crippen LogP contribution in [0.15, 0.2) is 54.6 Å². The number of hydrogen-bond donors (Lipinski definition) is 2. The van der Waals surface area contributed by atoms with Crippen LogP contribution in [0.2, 0.25) is 0 Å². The summed E-state index contributed by atoms with van der Waals surface area (Å²) < 4.78 is 5.44. The van der Waals surface area contributed by atoms with Gasteiger partial charge in [-0.2, -0.15) is 0 Å². The third-order valence-electron chi connectivity index (χ3n) is 3.96. The van der Waals surface area contributed by atoms with E-state index in [0.717, 1.165) is 12.8 Å². The lowest BCUT2D eigenvalue weighted by atomic mass is 10.1. The molecule has 2 rings (SSSR count). The van der Waals surface area contributed by atoms with Crippen LogP contribution in [-0.2, 0) is 11.2 Å². The molecular formula is C21H26N2O3. The third-order valence-corrected chi connectivity index (χ3v) is 3.96. The summed E-state index contributed by atoms with van der Waals surface area (Å²) in [4.78, 5) is 24.3. The fourth-order valence-corrected chi connectivity index (χ4v) is 2.62. The first-order valence-corrected chi connectivity index (χ1v) is 8.93. The number of ether oxygens (including phenoxy) is 1. The van der Waals surface area contributed by atoms with Crippen LogP contribution in [0.4, 0.5) is 0 Å². The first-order valence-electron chi connectivity index (χ1n) is 8.93. The van der Waals surface area contributed by atoms with Gasteiger partial charge in [-0.05, 0) is 44.4 Å². The van der Waals surface area contributed by atoms with Crippen molar-refractivity contribution in [2.45, 2.75) is 32.7 Å². The second-order valence-corrected chi connectivity index (χ2v) is 6.10. The molecule has 0 fully saturated rings. The molecule has 0 saturated heterocycles. The first-order chi connectivity index (χ1) is 12.6. The van der Waals surface area contributed by atoms with E-state index in [2.05, 4.69) is 22.8 Å². The van der Waals surface area contributed by atoms with Crippen molar-refractivity contribution < 1.29 is 14.3 Å². The van der Waals surface area contributed by atoms with Crippen molar-refractivity contribution in [2.24, 2.45) is 0 Å². The maximum Gasteiger partial charge on any atom is 0.255 e. The van der Waals surface area contributed by atoms with Gasteiger partial charge in [-0.15, -0.1) is 0 Å². The van der Waals surface area contributed by atoms with E-state index in [-0.39, 0.29) is 24.4 Å². The molecule has 2 N–H and O–H groups in total. The minimum atomic E-state index is -0.318. The maximum atomic E-state index is 12.3. The van der Waals surface area contributed by atoms with E-state index in [4.69, 9.17) is 4.74 Å². The summed E-state index contributed by atoms with van der Waals surface area (Å²) in [6.07, 6.45) is 1.74. The van der Waals surface area contributed by atoms with Crippen molar-refractivity contribution in [1.29, 1.82) is 0 Å². The molecule has 0 bridgehead atoms. The zero-order chi connectivity index (χ0) is 18.8. The van der Waals surface area contributed by atoms with Crippen LogP contribution in [0.3, 0.4) is 0 Å². The van der Waals surface area contributed by atoms with Crippen molar-refractivity contribution in [3.8, 4) is 5.75 Å². The fraction of sp³-hybridized carbons (Fsp3) is 0.333. The molecule has 0 aromatic heterocycles. The number of carbonyl (C=O) groups is 2. The molecule has 5 nitrogen and oxygen atoms in total. The molecule has 138 valence electrons. The summed E-state index contributed by atoms with van der Waals surface area (Å²) in [5, 5.41) is 5.56. The number of carbonyl (C=O) groups excluding carboxylic acids is 2. The zero-order valence-corrected chi connectivity index (χ0v) is 15.3. The highest BCUT2D eigenvalue weighted by Gasteiger charge is 2.14. The van der Waals surface area contributed by atoms with E-state index in [9.17, 15) is 9.59 Å². The van der Waals surface area contributed by atoms with Gasteiger partial charge in [-0.1, -0.05) is 42.5 Å². The van der Waals surface area contributed by atoms with E-state index in [0.29, 0.717) is 17.9 Å². The Bertz CT molecular complexity index is 716. The van der Waals surface area contributed by atoms with Gasteiger partial charge >= 0.3 is 0 Å². The molecule has 2 aromatic rings. The molecule has 0 saturated carbocycles. The average molecular weight is 354 g/mol. The van der Waals surface area contributed by atoms with Crippen LogP contribution < -0.4 is 15.4 Å². The van der Waals surface area contributed by atoms with Crippen LogP contribution in [0.25, 0.3) is 0 Å². The summed E-state index contributed by atoms with van der Waals surface area (Å²) in [5.74, 6) is -0.00178. The van der Waals surface area contributed by atoms with Crippen molar-refractivity contribution in [3.05, 3.63) is 65.7 Å². The van der Waals surface area contributed by atoms with Crippen molar-refractivity contribution in [3.63, 3.8) is 0 Å². The Morgan fingerprint density at radius 2 is 1.73 bits per heavy atom. The average Bonchev–Trinajstić information content (AvgIpc) is 2.66. The summed E-state index contributed by atoms with van der Waals surface area (Å²) in [5.41, 5.74) is 1.67. The molecule has 1 atom stereocenters. The second-order valence-electron chi connectivity index (χ2n) is 6.10. The van der Waals surface area contributed by atoms with Crippen molar-refractivity contribution in [1.82, 2.24) is 10.6 Å². The fourth-order valence-electron chi connectivity index (χ4n) is 2.62. The molecule has 0 aliphatic heterocycles. The lowest BCUT2D eigenvalue weighted by molar-refractivity contribution is -0.120. The predicted octanol–water partition coefficient (Wildman–Crippen LogP) is 2.95. The monoisotopic (exact) mass is 354 g/mol. The highest BCUT2D eigenvalue weighted by Crippen LogP contribution is 2.17. The number of benzene rings is 2. The standard InChI is InChI=1S/C21H26N2O3/c1-3-26-19-12-8-7-11-18(19)21(25)22-15-20(24)23-16(2)13-14-17-9-5-4-6-10-17/h4-12,16H,3,13-15H2,1-2H3,(H,22,25)(H,23,24)/t16-/m1/s1. The Kier molecular flexibility index (Phi) is 7.68. The van der Waals surface area contributed by atoms with Crippen LogP contribution in [-0.4, -0.2) is 31.0 Å². The summed E-state index contributed by atoms with van der Waals surface area (Å²) in [6, 6.07) is 17.2. The second kappa shape index (κ2) is 10.2. The number of aryl methyl sites for hydroxylation is 1. The van der Waals surface area contributed by atoms with E-state index >= 15 is 0 Å². The molecule has 26 heavy (non-hydrogen) atoms. The van der Waals surface area contributed by atoms with Crippen LogP contribution >= 0.6 is 0 Å². The zero-order valence-electron chi connectivity index (χ0n) is 15.3. The summed E-state index contributed by atoms with van der Waals surface area (Å²) in [6.45, 7) is 4.24. The van der Waals surface area contributed by atoms with Gasteiger partial charge in [0.15, 0.2) is 0 Å². The van der Waals surface area contributed by atoms with Crippen LogP contribution in [0, 0.1) is 0 Å². The lowest BCUT2D eigenvalue weighted by Gasteiger charge is -2.15. The third kappa shape index (κ3) is 6.24. The molecule has 2 aromatic carbocycles. The highest BCUT2D eigenvalue weighted by molar-refractivity contribution is 5.98. The van der Waals surface area contributed by atoms with E-state index in [1.165, 1.54) is 5.56 Å². The summed E-state index contributed by atoms with van der Waals surface area (Å²) >= 11 is 0. The number of hydrogen-bond acceptors (Lipinski definition) is 3. The molecular weight excluding hydrogens is 328 g/mol. The minimum Gasteiger partial charge on any atom is -0.493 e. The first kappa shape index (κ1) is 19.5. The number of para-hydroxylation sites is 1. The molecule has 5 heteroatoms. The topological polar surface area (TPSA) is 67.4 Å². The van der Waals surface area contributed by atoms with Crippen molar-refractivity contribution in [2.75, 3.05) is 13.2 Å². The van der Waals surface area contributed by atoms with Gasteiger partial charge in [0.2, 0.25) is 5.91 Å². The van der Waals surface area contributed by atoms with Crippen LogP contribution in [0.1, 0.15) is 36.2 Å². The molecule has 0 spiro atoms. The van der Waals surface area contributed by atoms with Gasteiger partial charge in [0.1, 0.15) is 5.75 Å². The normalized spacial score (nSPS) is 11.5. The van der Waals surface area contributed by atoms with Gasteiger partial charge in [0.25, 0.3) is 5.91 Å². The largest absolute Gasteiger partial charge is 0.493 e. The quantitative estimate of drug-likeness (QED) is 0.727. The molecule has 0 radical (unpaired) electrons. The predicted molar refractivity (Wildman–Crippen MR) is 102 cm³/mol. The van der Waals surface area contributed by atoms with Gasteiger partial charge in [-0.25, -0.2) is 0 Å². The Hall–Kier alpha value is -2.82. The van der Waals surface area contributed by atoms with E-state index < -0.39 is 0 Å². The Balaban J connectivity index is 1.76. The van der Waals surface area contributed by atoms with Gasteiger partial charge in [-0.3, -0.25) is 9.59 Å². The smallest absolute Gasteiger partial charge is 0.255 e. The Morgan fingerprint density at radius 3 is 2.46 bits per heavy atom. The maximum absolute atomic E-state index is 12.3. The van der Waals surface area contributed by atoms with Crippen molar-refractivity contribution >= 4 is 11.8 Å². The number of nitrogens with one attached hydrogen (secondary N) is 2. The number of rotatable bonds is 9. The molecule has 0 aliphatic rings. The van der Waals surface area contributed by atoms with Gasteiger partial charge in [0, 0.05) is 6.04 Å². The summed E-state index contributed by atoms with van der Waals surface area (Å²) in [7, 11) is 0. The minimum absolute atomic E-state index is 0.0373. The van der Waals surface area contributed by atoms with Crippen LogP contribution in [0.5, 0.6) is 5.75 Å². The lowest BCUT2D eigenvalue weighted by Crippen LogP contribution is -2.41. The molecule has 0 unspecified atom stereocenters. The highest BCUT2D eigenvalue weighted by atomic mass is 16.5. The Morgan fingerprint density at radius 1 is 1.04 bits per heavy atom. The molecule has 0 heterocycles. The number of amides is 2. The molecule has 0 aliphatic carbocycles. The van der Waals surface area contributed by atoms with E-state index in [1.54, 1.807) is 18.2 Å². The van der Waals surface area contributed by atoms with Gasteiger partial charge in [0.05, 0.1) is 18.7 Å². The SMILES string of the molecule is CCOc1ccccc1C(=O)NCC(=O)N[C@H](C)CCc1ccccc1.